The number of nitrogens with zero attached hydrogens (tertiary/aromatic N) is 2. The molecule has 1 atom stereocenters. The molecule has 7 nitrogen and oxygen atoms in total. The number of hydrogen-bond acceptors (Lipinski definition) is 6. The number of aromatic nitrogens is 2. The molecule has 1 fully saturated rings. The van der Waals surface area contributed by atoms with E-state index >= 15 is 0 Å². The maximum Gasteiger partial charge on any atom is 0.275 e. The minimum atomic E-state index is -2.95. The number of sulfone groups is 1. The van der Waals surface area contributed by atoms with Crippen molar-refractivity contribution >= 4 is 27.2 Å². The van der Waals surface area contributed by atoms with E-state index in [9.17, 15) is 13.2 Å². The average Bonchev–Trinajstić information content (AvgIpc) is 2.89. The smallest absolute Gasteiger partial charge is 0.275 e. The Hall–Kier alpha value is -2.48. The fourth-order valence-electron chi connectivity index (χ4n) is 2.47. The van der Waals surface area contributed by atoms with E-state index in [2.05, 4.69) is 20.6 Å². The molecular formula is C16H18N4O3S. The first-order valence-electron chi connectivity index (χ1n) is 7.58. The zero-order valence-corrected chi connectivity index (χ0v) is 14.0. The third kappa shape index (κ3) is 4.08. The summed E-state index contributed by atoms with van der Waals surface area (Å²) in [5, 5.41) is 5.78. The van der Waals surface area contributed by atoms with Gasteiger partial charge < -0.3 is 10.6 Å². The van der Waals surface area contributed by atoms with Gasteiger partial charge in [-0.05, 0) is 25.5 Å². The Kier molecular flexibility index (Phi) is 4.48. The third-order valence-electron chi connectivity index (χ3n) is 3.78. The molecule has 2 N–H and O–H groups in total. The molecular weight excluding hydrogens is 328 g/mol. The van der Waals surface area contributed by atoms with Crippen molar-refractivity contribution in [2.75, 3.05) is 22.1 Å². The lowest BCUT2D eigenvalue weighted by molar-refractivity contribution is 0.102. The molecule has 2 aromatic rings. The van der Waals surface area contributed by atoms with Crippen molar-refractivity contribution in [1.29, 1.82) is 0 Å². The second-order valence-electron chi connectivity index (χ2n) is 5.85. The zero-order chi connectivity index (χ0) is 17.2. The summed E-state index contributed by atoms with van der Waals surface area (Å²) in [4.78, 5) is 20.3. The van der Waals surface area contributed by atoms with Crippen LogP contribution in [-0.4, -0.2) is 41.8 Å². The van der Waals surface area contributed by atoms with Crippen LogP contribution in [0, 0.1) is 6.92 Å². The normalized spacial score (nSPS) is 19.0. The van der Waals surface area contributed by atoms with Gasteiger partial charge in [0.15, 0.2) is 9.84 Å². The van der Waals surface area contributed by atoms with E-state index in [-0.39, 0.29) is 29.1 Å². The third-order valence-corrected chi connectivity index (χ3v) is 5.55. The van der Waals surface area contributed by atoms with E-state index in [1.807, 2.05) is 31.2 Å². The molecule has 2 heterocycles. The maximum absolute atomic E-state index is 12.1. The van der Waals surface area contributed by atoms with Gasteiger partial charge in [-0.25, -0.2) is 18.4 Å². The number of benzene rings is 1. The molecule has 0 bridgehead atoms. The summed E-state index contributed by atoms with van der Waals surface area (Å²) in [5.41, 5.74) is 1.99. The number of amides is 1. The summed E-state index contributed by atoms with van der Waals surface area (Å²) in [6.07, 6.45) is 3.37. The fraction of sp³-hybridized carbons (Fsp3) is 0.312. The highest BCUT2D eigenvalue weighted by Crippen LogP contribution is 2.16. The molecule has 1 amide bonds. The Morgan fingerprint density at radius 2 is 1.92 bits per heavy atom. The van der Waals surface area contributed by atoms with E-state index < -0.39 is 9.84 Å². The van der Waals surface area contributed by atoms with Gasteiger partial charge >= 0.3 is 0 Å². The maximum atomic E-state index is 12.1. The molecule has 0 aliphatic carbocycles. The lowest BCUT2D eigenvalue weighted by Crippen LogP contribution is -2.22. The molecule has 1 aliphatic heterocycles. The molecule has 0 radical (unpaired) electrons. The summed E-state index contributed by atoms with van der Waals surface area (Å²) in [6, 6.07) is 7.29. The lowest BCUT2D eigenvalue weighted by atomic mass is 10.2. The first-order chi connectivity index (χ1) is 11.4. The topological polar surface area (TPSA) is 101 Å². The van der Waals surface area contributed by atoms with Crippen molar-refractivity contribution in [2.24, 2.45) is 0 Å². The SMILES string of the molecule is Cc1ccc(NC(=O)c2cnc(NC3CCS(=O)(=O)C3)cn2)cc1. The Balaban J connectivity index is 1.61. The van der Waals surface area contributed by atoms with Gasteiger partial charge in [-0.1, -0.05) is 17.7 Å². The largest absolute Gasteiger partial charge is 0.365 e. The van der Waals surface area contributed by atoms with Gasteiger partial charge in [0, 0.05) is 11.7 Å². The van der Waals surface area contributed by atoms with Crippen LogP contribution in [0.25, 0.3) is 0 Å². The highest BCUT2D eigenvalue weighted by Gasteiger charge is 2.27. The number of carbonyl (C=O) groups is 1. The van der Waals surface area contributed by atoms with E-state index in [0.717, 1.165) is 5.56 Å². The van der Waals surface area contributed by atoms with Gasteiger partial charge in [-0.2, -0.15) is 0 Å². The van der Waals surface area contributed by atoms with Gasteiger partial charge in [-0.15, -0.1) is 0 Å². The van der Waals surface area contributed by atoms with Crippen molar-refractivity contribution in [3.8, 4) is 0 Å². The van der Waals surface area contributed by atoms with Crippen LogP contribution in [0.3, 0.4) is 0 Å². The van der Waals surface area contributed by atoms with Crippen molar-refractivity contribution < 1.29 is 13.2 Å². The molecule has 1 unspecified atom stereocenters. The Bertz CT molecular complexity index is 833. The fourth-order valence-corrected chi connectivity index (χ4v) is 4.14. The van der Waals surface area contributed by atoms with Gasteiger partial charge in [-0.3, -0.25) is 4.79 Å². The van der Waals surface area contributed by atoms with Crippen molar-refractivity contribution in [2.45, 2.75) is 19.4 Å². The highest BCUT2D eigenvalue weighted by molar-refractivity contribution is 7.91. The number of nitrogens with one attached hydrogen (secondary N) is 2. The summed E-state index contributed by atoms with van der Waals surface area (Å²) >= 11 is 0. The van der Waals surface area contributed by atoms with Gasteiger partial charge in [0.25, 0.3) is 5.91 Å². The molecule has 8 heteroatoms. The molecule has 1 aliphatic rings. The van der Waals surface area contributed by atoms with Crippen LogP contribution in [0.5, 0.6) is 0 Å². The Morgan fingerprint density at radius 3 is 2.50 bits per heavy atom. The predicted molar refractivity (Wildman–Crippen MR) is 91.8 cm³/mol. The summed E-state index contributed by atoms with van der Waals surface area (Å²) in [7, 11) is -2.95. The second kappa shape index (κ2) is 6.56. The van der Waals surface area contributed by atoms with Crippen LogP contribution in [-0.2, 0) is 9.84 Å². The average molecular weight is 346 g/mol. The molecule has 0 saturated carbocycles. The molecule has 1 saturated heterocycles. The minimum absolute atomic E-state index is 0.102. The monoisotopic (exact) mass is 346 g/mol. The summed E-state index contributed by atoms with van der Waals surface area (Å²) in [6.45, 7) is 1.97. The minimum Gasteiger partial charge on any atom is -0.365 e. The number of hydrogen-bond donors (Lipinski definition) is 2. The van der Waals surface area contributed by atoms with Crippen LogP contribution in [0.15, 0.2) is 36.7 Å². The van der Waals surface area contributed by atoms with E-state index in [0.29, 0.717) is 17.9 Å². The first-order valence-corrected chi connectivity index (χ1v) is 9.40. The highest BCUT2D eigenvalue weighted by atomic mass is 32.2. The predicted octanol–water partition coefficient (Wildman–Crippen LogP) is 1.64. The van der Waals surface area contributed by atoms with Crippen LogP contribution in [0.1, 0.15) is 22.5 Å². The van der Waals surface area contributed by atoms with Crippen molar-refractivity contribution in [1.82, 2.24) is 9.97 Å². The molecule has 126 valence electrons. The molecule has 3 rings (SSSR count). The standard InChI is InChI=1S/C16H18N4O3S/c1-11-2-4-12(5-3-11)20-16(21)14-8-18-15(9-17-14)19-13-6-7-24(22,23)10-13/h2-5,8-9,13H,6-7,10H2,1H3,(H,18,19)(H,20,21). The van der Waals surface area contributed by atoms with Crippen molar-refractivity contribution in [3.63, 3.8) is 0 Å². The van der Waals surface area contributed by atoms with Crippen LogP contribution < -0.4 is 10.6 Å². The number of aryl methyl sites for hydroxylation is 1. The molecule has 24 heavy (non-hydrogen) atoms. The van der Waals surface area contributed by atoms with Gasteiger partial charge in [0.2, 0.25) is 0 Å². The van der Waals surface area contributed by atoms with Crippen LogP contribution in [0.4, 0.5) is 11.5 Å². The van der Waals surface area contributed by atoms with Crippen molar-refractivity contribution in [3.05, 3.63) is 47.9 Å². The van der Waals surface area contributed by atoms with E-state index in [1.165, 1.54) is 12.4 Å². The van der Waals surface area contributed by atoms with Gasteiger partial charge in [0.1, 0.15) is 11.5 Å². The summed E-state index contributed by atoms with van der Waals surface area (Å²) < 4.78 is 22.9. The molecule has 0 spiro atoms. The van der Waals surface area contributed by atoms with E-state index in [1.54, 1.807) is 0 Å². The lowest BCUT2D eigenvalue weighted by Gasteiger charge is -2.11. The Labute approximate surface area is 140 Å². The number of anilines is 2. The van der Waals surface area contributed by atoms with Crippen LogP contribution in [0.2, 0.25) is 0 Å². The van der Waals surface area contributed by atoms with E-state index in [4.69, 9.17) is 0 Å². The first kappa shape index (κ1) is 16.4. The number of carbonyl (C=O) groups excluding carboxylic acids is 1. The Morgan fingerprint density at radius 1 is 1.17 bits per heavy atom. The van der Waals surface area contributed by atoms with Crippen LogP contribution >= 0.6 is 0 Å². The quantitative estimate of drug-likeness (QED) is 0.873. The van der Waals surface area contributed by atoms with Gasteiger partial charge in [0.05, 0.1) is 23.9 Å². The second-order valence-corrected chi connectivity index (χ2v) is 8.08. The number of rotatable bonds is 4. The molecule has 1 aromatic carbocycles. The summed E-state index contributed by atoms with van der Waals surface area (Å²) in [5.74, 6) is 0.407. The molecule has 1 aromatic heterocycles. The zero-order valence-electron chi connectivity index (χ0n) is 13.2.